The number of rotatable bonds is 4. The smallest absolute Gasteiger partial charge is 0.435 e. The first-order valence-electron chi connectivity index (χ1n) is 7.47. The first kappa shape index (κ1) is 20.0. The average Bonchev–Trinajstić information content (AvgIpc) is 2.97. The zero-order valence-electron chi connectivity index (χ0n) is 14.6. The van der Waals surface area contributed by atoms with Gasteiger partial charge in [0.1, 0.15) is 0 Å². The fraction of sp³-hybridized carbons (Fsp3) is 0.375. The Kier molecular flexibility index (Phi) is 5.18. The molecule has 6 nitrogen and oxygen atoms in total. The molecule has 0 atom stereocenters. The van der Waals surface area contributed by atoms with Gasteiger partial charge in [0.15, 0.2) is 5.69 Å². The summed E-state index contributed by atoms with van der Waals surface area (Å²) in [5.41, 5.74) is -0.270. The van der Waals surface area contributed by atoms with Crippen LogP contribution in [0.15, 0.2) is 34.7 Å². The highest BCUT2D eigenvalue weighted by Crippen LogP contribution is 2.32. The molecule has 2 rings (SSSR count). The number of ether oxygens (including phenoxy) is 1. The molecule has 1 heterocycles. The Balaban J connectivity index is 2.32. The molecule has 142 valence electrons. The van der Waals surface area contributed by atoms with E-state index in [1.165, 1.54) is 58.4 Å². The van der Waals surface area contributed by atoms with Gasteiger partial charge in [-0.25, -0.2) is 13.1 Å². The highest BCUT2D eigenvalue weighted by Gasteiger charge is 2.35. The van der Waals surface area contributed by atoms with Gasteiger partial charge in [-0.05, 0) is 38.5 Å². The maximum atomic E-state index is 12.8. The predicted molar refractivity (Wildman–Crippen MR) is 91.4 cm³/mol. The molecule has 10 heteroatoms. The lowest BCUT2D eigenvalue weighted by Crippen LogP contribution is -2.25. The number of alkyl halides is 3. The second kappa shape index (κ2) is 6.75. The van der Waals surface area contributed by atoms with Crippen molar-refractivity contribution in [3.8, 4) is 11.6 Å². The van der Waals surface area contributed by atoms with Gasteiger partial charge >= 0.3 is 6.18 Å². The van der Waals surface area contributed by atoms with Crippen LogP contribution in [0, 0.1) is 0 Å². The summed E-state index contributed by atoms with van der Waals surface area (Å²) in [7, 11) is -2.43. The van der Waals surface area contributed by atoms with Gasteiger partial charge in [0.05, 0.1) is 17.5 Å². The van der Waals surface area contributed by atoms with Crippen LogP contribution in [0.25, 0.3) is 5.69 Å². The molecule has 2 aromatic rings. The Morgan fingerprint density at radius 3 is 2.19 bits per heavy atom. The van der Waals surface area contributed by atoms with E-state index in [2.05, 4.69) is 9.50 Å². The molecule has 0 unspecified atom stereocenters. The van der Waals surface area contributed by atoms with Crippen molar-refractivity contribution in [2.24, 2.45) is 4.40 Å². The minimum absolute atomic E-state index is 0.0750. The van der Waals surface area contributed by atoms with Gasteiger partial charge in [0.2, 0.25) is 5.88 Å². The molecule has 0 saturated carbocycles. The van der Waals surface area contributed by atoms with Crippen LogP contribution in [0.5, 0.6) is 5.88 Å². The van der Waals surface area contributed by atoms with Gasteiger partial charge in [0, 0.05) is 12.3 Å². The number of hydrogen-bond donors (Lipinski definition) is 0. The molecule has 0 spiro atoms. The molecule has 0 aliphatic carbocycles. The van der Waals surface area contributed by atoms with Crippen molar-refractivity contribution in [1.29, 1.82) is 0 Å². The van der Waals surface area contributed by atoms with E-state index in [9.17, 15) is 21.6 Å². The van der Waals surface area contributed by atoms with Crippen molar-refractivity contribution in [2.45, 2.75) is 31.7 Å². The average molecular weight is 389 g/mol. The molecule has 1 aromatic carbocycles. The molecule has 0 aliphatic rings. The molecular formula is C16H18F3N3O3S. The molecular weight excluding hydrogens is 371 g/mol. The van der Waals surface area contributed by atoms with Crippen LogP contribution in [-0.4, -0.2) is 36.3 Å². The van der Waals surface area contributed by atoms with E-state index in [0.29, 0.717) is 11.3 Å². The van der Waals surface area contributed by atoms with Crippen LogP contribution in [-0.2, 0) is 16.2 Å². The summed E-state index contributed by atoms with van der Waals surface area (Å²) in [5.74, 6) is -0.0750. The molecule has 0 aliphatic heterocycles. The van der Waals surface area contributed by atoms with E-state index in [1.54, 1.807) is 0 Å². The van der Waals surface area contributed by atoms with E-state index in [4.69, 9.17) is 4.74 Å². The first-order chi connectivity index (χ1) is 11.8. The summed E-state index contributed by atoms with van der Waals surface area (Å²) in [6, 6.07) is 6.81. The standard InChI is InChI=1S/C16H18F3N3O3S/c1-15(2,3)26(23,24)20-10-11-5-7-12(8-6-11)22-14(25-4)9-13(21-22)16(17,18)19/h5-10H,1-4H3/b20-10+. The molecule has 0 radical (unpaired) electrons. The number of hydrogen-bond acceptors (Lipinski definition) is 4. The minimum atomic E-state index is -4.59. The monoisotopic (exact) mass is 389 g/mol. The number of nitrogens with zero attached hydrogens (tertiary/aromatic N) is 3. The lowest BCUT2D eigenvalue weighted by molar-refractivity contribution is -0.141. The maximum Gasteiger partial charge on any atom is 0.435 e. The summed E-state index contributed by atoms with van der Waals surface area (Å²) in [4.78, 5) is 0. The molecule has 0 fully saturated rings. The van der Waals surface area contributed by atoms with Crippen molar-refractivity contribution in [3.05, 3.63) is 41.6 Å². The van der Waals surface area contributed by atoms with Gasteiger partial charge in [0.25, 0.3) is 10.0 Å². The maximum absolute atomic E-state index is 12.8. The molecule has 1 aromatic heterocycles. The second-order valence-corrected chi connectivity index (χ2v) is 8.78. The van der Waals surface area contributed by atoms with E-state index < -0.39 is 26.6 Å². The summed E-state index contributed by atoms with van der Waals surface area (Å²) >= 11 is 0. The number of halogens is 3. The fourth-order valence-corrected chi connectivity index (χ4v) is 2.40. The summed E-state index contributed by atoms with van der Waals surface area (Å²) in [5, 5.41) is 3.51. The molecule has 0 N–H and O–H groups in total. The van der Waals surface area contributed by atoms with Gasteiger partial charge < -0.3 is 4.74 Å². The Morgan fingerprint density at radius 1 is 1.15 bits per heavy atom. The lowest BCUT2D eigenvalue weighted by atomic mass is 10.2. The number of aromatic nitrogens is 2. The quantitative estimate of drug-likeness (QED) is 0.751. The predicted octanol–water partition coefficient (Wildman–Crippen LogP) is 3.45. The summed E-state index contributed by atoms with van der Waals surface area (Å²) in [6.07, 6.45) is -3.40. The van der Waals surface area contributed by atoms with E-state index in [0.717, 1.165) is 10.7 Å². The van der Waals surface area contributed by atoms with Crippen LogP contribution in [0.1, 0.15) is 32.0 Å². The molecule has 0 amide bonds. The Hall–Kier alpha value is -2.36. The van der Waals surface area contributed by atoms with Crippen LogP contribution in [0.2, 0.25) is 0 Å². The van der Waals surface area contributed by atoms with Crippen molar-refractivity contribution in [3.63, 3.8) is 0 Å². The Morgan fingerprint density at radius 2 is 1.73 bits per heavy atom. The second-order valence-electron chi connectivity index (χ2n) is 6.39. The largest absolute Gasteiger partial charge is 0.481 e. The van der Waals surface area contributed by atoms with E-state index in [1.807, 2.05) is 0 Å². The van der Waals surface area contributed by atoms with Crippen molar-refractivity contribution in [2.75, 3.05) is 7.11 Å². The van der Waals surface area contributed by atoms with Crippen LogP contribution < -0.4 is 4.74 Å². The van der Waals surface area contributed by atoms with Crippen LogP contribution >= 0.6 is 0 Å². The first-order valence-corrected chi connectivity index (χ1v) is 8.91. The summed E-state index contributed by atoms with van der Waals surface area (Å²) < 4.78 is 70.9. The van der Waals surface area contributed by atoms with Crippen molar-refractivity contribution >= 4 is 16.2 Å². The van der Waals surface area contributed by atoms with E-state index in [-0.39, 0.29) is 5.88 Å². The molecule has 0 bridgehead atoms. The SMILES string of the molecule is COc1cc(C(F)(F)F)nn1-c1ccc(/C=N/S(=O)(=O)C(C)(C)C)cc1. The summed E-state index contributed by atoms with van der Waals surface area (Å²) in [6.45, 7) is 4.60. The molecule has 0 saturated heterocycles. The van der Waals surface area contributed by atoms with Gasteiger partial charge in [-0.2, -0.15) is 22.7 Å². The zero-order chi connectivity index (χ0) is 19.8. The normalized spacial score (nSPS) is 13.3. The van der Waals surface area contributed by atoms with Gasteiger partial charge in [-0.15, -0.1) is 0 Å². The number of benzene rings is 1. The highest BCUT2D eigenvalue weighted by molar-refractivity contribution is 7.91. The highest BCUT2D eigenvalue weighted by atomic mass is 32.2. The van der Waals surface area contributed by atoms with Crippen molar-refractivity contribution in [1.82, 2.24) is 9.78 Å². The molecule has 26 heavy (non-hydrogen) atoms. The number of methoxy groups -OCH3 is 1. The third-order valence-electron chi connectivity index (χ3n) is 3.43. The zero-order valence-corrected chi connectivity index (χ0v) is 15.4. The topological polar surface area (TPSA) is 73.5 Å². The van der Waals surface area contributed by atoms with E-state index >= 15 is 0 Å². The third-order valence-corrected chi connectivity index (χ3v) is 5.36. The minimum Gasteiger partial charge on any atom is -0.481 e. The van der Waals surface area contributed by atoms with Crippen molar-refractivity contribution < 1.29 is 26.3 Å². The van der Waals surface area contributed by atoms with Crippen LogP contribution in [0.4, 0.5) is 13.2 Å². The Bertz CT molecular complexity index is 909. The lowest BCUT2D eigenvalue weighted by Gasteiger charge is -2.14. The Labute approximate surface area is 149 Å². The van der Waals surface area contributed by atoms with Crippen LogP contribution in [0.3, 0.4) is 0 Å². The number of sulfonamides is 1. The van der Waals surface area contributed by atoms with Gasteiger partial charge in [-0.1, -0.05) is 12.1 Å². The van der Waals surface area contributed by atoms with Gasteiger partial charge in [-0.3, -0.25) is 0 Å². The third kappa shape index (κ3) is 4.24. The fourth-order valence-electron chi connectivity index (χ4n) is 1.82.